The minimum absolute atomic E-state index is 0.206. The number of nitrogens with one attached hydrogen (secondary N) is 1. The molecule has 1 amide bonds. The molecule has 2 atom stereocenters. The molecule has 5 nitrogen and oxygen atoms in total. The molecule has 0 bridgehead atoms. The van der Waals surface area contributed by atoms with E-state index in [1.807, 2.05) is 0 Å². The Labute approximate surface area is 146 Å². The average molecular weight is 338 g/mol. The number of ether oxygens (including phenoxy) is 2. The van der Waals surface area contributed by atoms with Crippen LogP contribution in [0.25, 0.3) is 0 Å². The summed E-state index contributed by atoms with van der Waals surface area (Å²) in [5.74, 6) is 0.832. The van der Waals surface area contributed by atoms with Crippen LogP contribution in [-0.4, -0.2) is 61.9 Å². The molecule has 2 saturated heterocycles. The van der Waals surface area contributed by atoms with Crippen LogP contribution < -0.4 is 5.32 Å². The maximum atomic E-state index is 12.3. The molecule has 138 valence electrons. The molecule has 5 heteroatoms. The molecule has 0 aromatic heterocycles. The zero-order valence-electron chi connectivity index (χ0n) is 15.2. The minimum atomic E-state index is 0.206. The average Bonchev–Trinajstić information content (AvgIpc) is 2.60. The molecule has 24 heavy (non-hydrogen) atoms. The SMILES string of the molecule is C[C@H]1CCCC[C@H]1NC(=O)CN1CCC(OC2CCOCC2)CC1. The first-order valence-electron chi connectivity index (χ1n) is 9.95. The summed E-state index contributed by atoms with van der Waals surface area (Å²) in [5, 5.41) is 3.27. The maximum absolute atomic E-state index is 12.3. The van der Waals surface area contributed by atoms with Gasteiger partial charge in [-0.25, -0.2) is 0 Å². The Kier molecular flexibility index (Phi) is 6.93. The number of likely N-dealkylation sites (tertiary alicyclic amines) is 1. The van der Waals surface area contributed by atoms with Gasteiger partial charge in [0.2, 0.25) is 5.91 Å². The molecule has 2 heterocycles. The van der Waals surface area contributed by atoms with Gasteiger partial charge in [0.05, 0.1) is 18.8 Å². The highest BCUT2D eigenvalue weighted by Gasteiger charge is 2.27. The summed E-state index contributed by atoms with van der Waals surface area (Å²) in [6, 6.07) is 0.389. The Morgan fingerprint density at radius 1 is 1.04 bits per heavy atom. The number of hydrogen-bond acceptors (Lipinski definition) is 4. The third-order valence-electron chi connectivity index (χ3n) is 5.91. The van der Waals surface area contributed by atoms with Crippen molar-refractivity contribution in [3.8, 4) is 0 Å². The lowest BCUT2D eigenvalue weighted by Crippen LogP contribution is -2.48. The van der Waals surface area contributed by atoms with E-state index in [2.05, 4.69) is 17.1 Å². The number of hydrogen-bond donors (Lipinski definition) is 1. The van der Waals surface area contributed by atoms with Crippen molar-refractivity contribution in [3.05, 3.63) is 0 Å². The van der Waals surface area contributed by atoms with Gasteiger partial charge in [0, 0.05) is 32.3 Å². The molecule has 1 aliphatic carbocycles. The van der Waals surface area contributed by atoms with Crippen LogP contribution in [0.15, 0.2) is 0 Å². The van der Waals surface area contributed by atoms with Crippen LogP contribution in [-0.2, 0) is 14.3 Å². The molecule has 0 spiro atoms. The molecule has 0 radical (unpaired) electrons. The predicted molar refractivity (Wildman–Crippen MR) is 94.0 cm³/mol. The van der Waals surface area contributed by atoms with Gasteiger partial charge in [-0.1, -0.05) is 19.8 Å². The number of amides is 1. The largest absolute Gasteiger partial charge is 0.381 e. The van der Waals surface area contributed by atoms with E-state index in [1.54, 1.807) is 0 Å². The number of carbonyl (C=O) groups is 1. The summed E-state index contributed by atoms with van der Waals surface area (Å²) >= 11 is 0. The zero-order valence-corrected chi connectivity index (χ0v) is 15.2. The third kappa shape index (κ3) is 5.43. The molecular weight excluding hydrogens is 304 g/mol. The third-order valence-corrected chi connectivity index (χ3v) is 5.91. The van der Waals surface area contributed by atoms with E-state index in [4.69, 9.17) is 9.47 Å². The van der Waals surface area contributed by atoms with Crippen molar-refractivity contribution in [2.45, 2.75) is 76.5 Å². The van der Waals surface area contributed by atoms with Crippen LogP contribution in [0.2, 0.25) is 0 Å². The Morgan fingerprint density at radius 3 is 2.42 bits per heavy atom. The highest BCUT2D eigenvalue weighted by molar-refractivity contribution is 5.78. The fourth-order valence-corrected chi connectivity index (χ4v) is 4.27. The molecular formula is C19H34N2O3. The van der Waals surface area contributed by atoms with Crippen LogP contribution >= 0.6 is 0 Å². The van der Waals surface area contributed by atoms with E-state index in [0.29, 0.717) is 30.7 Å². The molecule has 0 aromatic rings. The Hall–Kier alpha value is -0.650. The summed E-state index contributed by atoms with van der Waals surface area (Å²) in [5.41, 5.74) is 0. The van der Waals surface area contributed by atoms with Crippen molar-refractivity contribution in [2.24, 2.45) is 5.92 Å². The molecule has 1 N–H and O–H groups in total. The minimum Gasteiger partial charge on any atom is -0.381 e. The van der Waals surface area contributed by atoms with Crippen LogP contribution in [0.4, 0.5) is 0 Å². The predicted octanol–water partition coefficient (Wildman–Crippen LogP) is 2.34. The first-order chi connectivity index (χ1) is 11.7. The molecule has 3 rings (SSSR count). The second-order valence-electron chi connectivity index (χ2n) is 7.86. The summed E-state index contributed by atoms with van der Waals surface area (Å²) in [4.78, 5) is 14.6. The highest BCUT2D eigenvalue weighted by atomic mass is 16.5. The van der Waals surface area contributed by atoms with E-state index in [-0.39, 0.29) is 5.91 Å². The zero-order chi connectivity index (χ0) is 16.8. The highest BCUT2D eigenvalue weighted by Crippen LogP contribution is 2.24. The fraction of sp³-hybridized carbons (Fsp3) is 0.947. The van der Waals surface area contributed by atoms with Crippen LogP contribution in [0.1, 0.15) is 58.3 Å². The number of piperidine rings is 1. The van der Waals surface area contributed by atoms with Gasteiger partial charge in [0.25, 0.3) is 0 Å². The van der Waals surface area contributed by atoms with Crippen molar-refractivity contribution in [1.29, 1.82) is 0 Å². The quantitative estimate of drug-likeness (QED) is 0.836. The van der Waals surface area contributed by atoms with Gasteiger partial charge in [0.1, 0.15) is 0 Å². The van der Waals surface area contributed by atoms with E-state index in [1.165, 1.54) is 19.3 Å². The van der Waals surface area contributed by atoms with E-state index in [0.717, 1.165) is 58.4 Å². The molecule has 2 aliphatic heterocycles. The monoisotopic (exact) mass is 338 g/mol. The lowest BCUT2D eigenvalue weighted by molar-refractivity contribution is -0.125. The standard InChI is InChI=1S/C19H34N2O3/c1-15-4-2-3-5-18(15)20-19(22)14-21-10-6-16(7-11-21)24-17-8-12-23-13-9-17/h15-18H,2-14H2,1H3,(H,20,22)/t15-,18+/m0/s1. The van der Waals surface area contributed by atoms with Gasteiger partial charge in [-0.3, -0.25) is 9.69 Å². The Bertz CT molecular complexity index is 390. The van der Waals surface area contributed by atoms with E-state index < -0.39 is 0 Å². The van der Waals surface area contributed by atoms with E-state index >= 15 is 0 Å². The van der Waals surface area contributed by atoms with Gasteiger partial charge in [-0.15, -0.1) is 0 Å². The summed E-state index contributed by atoms with van der Waals surface area (Å²) in [7, 11) is 0. The van der Waals surface area contributed by atoms with E-state index in [9.17, 15) is 4.79 Å². The summed E-state index contributed by atoms with van der Waals surface area (Å²) in [6.07, 6.45) is 9.86. The maximum Gasteiger partial charge on any atom is 0.234 e. The normalized spacial score (nSPS) is 31.0. The van der Waals surface area contributed by atoms with Crippen LogP contribution in [0.3, 0.4) is 0 Å². The number of rotatable bonds is 5. The van der Waals surface area contributed by atoms with Crippen molar-refractivity contribution in [3.63, 3.8) is 0 Å². The molecule has 1 saturated carbocycles. The fourth-order valence-electron chi connectivity index (χ4n) is 4.27. The summed E-state index contributed by atoms with van der Waals surface area (Å²) < 4.78 is 11.6. The summed E-state index contributed by atoms with van der Waals surface area (Å²) in [6.45, 7) is 6.44. The van der Waals surface area contributed by atoms with Crippen molar-refractivity contribution < 1.29 is 14.3 Å². The smallest absolute Gasteiger partial charge is 0.234 e. The Morgan fingerprint density at radius 2 is 1.71 bits per heavy atom. The number of carbonyl (C=O) groups excluding carboxylic acids is 1. The van der Waals surface area contributed by atoms with Gasteiger partial charge < -0.3 is 14.8 Å². The topological polar surface area (TPSA) is 50.8 Å². The molecule has 3 fully saturated rings. The van der Waals surface area contributed by atoms with Gasteiger partial charge in [0.15, 0.2) is 0 Å². The van der Waals surface area contributed by atoms with Gasteiger partial charge >= 0.3 is 0 Å². The second kappa shape index (κ2) is 9.16. The molecule has 0 aromatic carbocycles. The first kappa shape index (κ1) is 18.2. The lowest BCUT2D eigenvalue weighted by Gasteiger charge is -2.35. The van der Waals surface area contributed by atoms with Crippen molar-refractivity contribution in [1.82, 2.24) is 10.2 Å². The molecule has 0 unspecified atom stereocenters. The molecule has 3 aliphatic rings. The van der Waals surface area contributed by atoms with Gasteiger partial charge in [-0.05, 0) is 44.4 Å². The van der Waals surface area contributed by atoms with Crippen LogP contribution in [0, 0.1) is 5.92 Å². The lowest BCUT2D eigenvalue weighted by atomic mass is 9.86. The van der Waals surface area contributed by atoms with Gasteiger partial charge in [-0.2, -0.15) is 0 Å². The number of nitrogens with zero attached hydrogens (tertiary/aromatic N) is 1. The van der Waals surface area contributed by atoms with Crippen molar-refractivity contribution >= 4 is 5.91 Å². The second-order valence-corrected chi connectivity index (χ2v) is 7.86. The Balaban J connectivity index is 1.33. The van der Waals surface area contributed by atoms with Crippen LogP contribution in [0.5, 0.6) is 0 Å². The van der Waals surface area contributed by atoms with Crippen molar-refractivity contribution in [2.75, 3.05) is 32.8 Å². The first-order valence-corrected chi connectivity index (χ1v) is 9.95.